The van der Waals surface area contributed by atoms with Crippen molar-refractivity contribution in [3.05, 3.63) is 41.5 Å². The van der Waals surface area contributed by atoms with Crippen molar-refractivity contribution in [2.24, 2.45) is 0 Å². The molecule has 8 heteroatoms. The Bertz CT molecular complexity index is 1070. The number of hydrogen-bond acceptors (Lipinski definition) is 6. The first kappa shape index (κ1) is 21.2. The fourth-order valence-electron chi connectivity index (χ4n) is 4.01. The zero-order valence-electron chi connectivity index (χ0n) is 17.9. The smallest absolute Gasteiger partial charge is 0.222 e. The number of benzene rings is 1. The van der Waals surface area contributed by atoms with Crippen LogP contribution in [0.25, 0.3) is 21.3 Å². The molecule has 1 aromatic carbocycles. The summed E-state index contributed by atoms with van der Waals surface area (Å²) in [7, 11) is 0. The number of carbonyl (C=O) groups is 2. The summed E-state index contributed by atoms with van der Waals surface area (Å²) in [5.41, 5.74) is 2.33. The van der Waals surface area contributed by atoms with Gasteiger partial charge in [-0.2, -0.15) is 0 Å². The molecule has 2 aromatic heterocycles. The van der Waals surface area contributed by atoms with Crippen molar-refractivity contribution in [1.29, 1.82) is 0 Å². The van der Waals surface area contributed by atoms with Crippen LogP contribution in [0.5, 0.6) is 0 Å². The summed E-state index contributed by atoms with van der Waals surface area (Å²) in [6.45, 7) is 6.83. The van der Waals surface area contributed by atoms with E-state index in [1.165, 1.54) is 10.4 Å². The molecule has 1 aliphatic rings. The third-order valence-electron chi connectivity index (χ3n) is 5.66. The Balaban J connectivity index is 1.38. The van der Waals surface area contributed by atoms with Crippen LogP contribution in [0.2, 0.25) is 0 Å². The first-order valence-corrected chi connectivity index (χ1v) is 11.4. The first-order valence-electron chi connectivity index (χ1n) is 10.6. The maximum Gasteiger partial charge on any atom is 0.222 e. The minimum absolute atomic E-state index is 0.0750. The van der Waals surface area contributed by atoms with Crippen molar-refractivity contribution < 1.29 is 9.59 Å². The third kappa shape index (κ3) is 4.69. The summed E-state index contributed by atoms with van der Waals surface area (Å²) < 4.78 is 0. The Morgan fingerprint density at radius 3 is 2.48 bits per heavy atom. The van der Waals surface area contributed by atoms with E-state index in [0.717, 1.165) is 28.0 Å². The number of aryl methyl sites for hydroxylation is 1. The average Bonchev–Trinajstić information content (AvgIpc) is 3.13. The molecule has 31 heavy (non-hydrogen) atoms. The van der Waals surface area contributed by atoms with Crippen LogP contribution < -0.4 is 5.32 Å². The van der Waals surface area contributed by atoms with E-state index in [2.05, 4.69) is 34.3 Å². The second-order valence-corrected chi connectivity index (χ2v) is 8.92. The molecule has 3 heterocycles. The third-order valence-corrected chi connectivity index (χ3v) is 6.68. The fourth-order valence-corrected chi connectivity index (χ4v) is 5.02. The average molecular weight is 438 g/mol. The number of amides is 2. The maximum atomic E-state index is 12.5. The molecule has 0 spiro atoms. The number of nitrogens with one attached hydrogen (secondary N) is 1. The van der Waals surface area contributed by atoms with Gasteiger partial charge in [-0.1, -0.05) is 30.3 Å². The van der Waals surface area contributed by atoms with E-state index >= 15 is 0 Å². The number of thiophene rings is 1. The molecule has 0 saturated carbocycles. The molecule has 162 valence electrons. The summed E-state index contributed by atoms with van der Waals surface area (Å²) in [4.78, 5) is 38.7. The summed E-state index contributed by atoms with van der Waals surface area (Å²) in [6, 6.07) is 10.3. The predicted molar refractivity (Wildman–Crippen MR) is 124 cm³/mol. The minimum atomic E-state index is 0.0750. The van der Waals surface area contributed by atoms with Crippen molar-refractivity contribution in [2.75, 3.05) is 38.0 Å². The van der Waals surface area contributed by atoms with E-state index < -0.39 is 0 Å². The zero-order chi connectivity index (χ0) is 21.8. The van der Waals surface area contributed by atoms with Crippen LogP contribution in [-0.2, 0) is 9.59 Å². The molecule has 4 rings (SSSR count). The van der Waals surface area contributed by atoms with Crippen LogP contribution in [0.4, 0.5) is 5.82 Å². The highest BCUT2D eigenvalue weighted by atomic mass is 32.1. The Kier molecular flexibility index (Phi) is 6.46. The summed E-state index contributed by atoms with van der Waals surface area (Å²) in [5.74, 6) is 1.04. The van der Waals surface area contributed by atoms with E-state index in [9.17, 15) is 9.59 Å². The molecule has 0 radical (unpaired) electrons. The number of anilines is 1. The molecule has 1 fully saturated rings. The maximum absolute atomic E-state index is 12.5. The van der Waals surface area contributed by atoms with E-state index in [1.807, 2.05) is 23.1 Å². The van der Waals surface area contributed by atoms with E-state index in [4.69, 9.17) is 0 Å². The Hall–Kier alpha value is -3.00. The number of hydrogen-bond donors (Lipinski definition) is 1. The Morgan fingerprint density at radius 2 is 1.77 bits per heavy atom. The van der Waals surface area contributed by atoms with Crippen molar-refractivity contribution >= 4 is 39.2 Å². The van der Waals surface area contributed by atoms with Crippen molar-refractivity contribution in [2.45, 2.75) is 26.7 Å². The molecular weight excluding hydrogens is 410 g/mol. The van der Waals surface area contributed by atoms with Crippen LogP contribution in [-0.4, -0.2) is 64.3 Å². The fraction of sp³-hybridized carbons (Fsp3) is 0.391. The number of fused-ring (bicyclic) bond motifs is 1. The molecule has 1 saturated heterocycles. The Morgan fingerprint density at radius 1 is 1.06 bits per heavy atom. The number of aromatic nitrogens is 2. The number of rotatable bonds is 6. The van der Waals surface area contributed by atoms with E-state index in [-0.39, 0.29) is 11.8 Å². The normalized spacial score (nSPS) is 14.1. The van der Waals surface area contributed by atoms with Crippen LogP contribution in [0.15, 0.2) is 36.7 Å². The van der Waals surface area contributed by atoms with Gasteiger partial charge in [0.2, 0.25) is 11.8 Å². The van der Waals surface area contributed by atoms with Gasteiger partial charge in [0.05, 0.1) is 5.39 Å². The second kappa shape index (κ2) is 9.43. The number of piperazine rings is 1. The van der Waals surface area contributed by atoms with Crippen molar-refractivity contribution in [3.8, 4) is 11.1 Å². The lowest BCUT2D eigenvalue weighted by Gasteiger charge is -2.34. The minimum Gasteiger partial charge on any atom is -0.369 e. The molecule has 1 aliphatic heterocycles. The van der Waals surface area contributed by atoms with E-state index in [0.29, 0.717) is 39.1 Å². The highest BCUT2D eigenvalue weighted by molar-refractivity contribution is 7.19. The van der Waals surface area contributed by atoms with Gasteiger partial charge in [0, 0.05) is 56.5 Å². The summed E-state index contributed by atoms with van der Waals surface area (Å²) >= 11 is 1.67. The van der Waals surface area contributed by atoms with Crippen LogP contribution in [0.3, 0.4) is 0 Å². The highest BCUT2D eigenvalue weighted by Crippen LogP contribution is 2.40. The molecule has 0 bridgehead atoms. The monoisotopic (exact) mass is 437 g/mol. The quantitative estimate of drug-likeness (QED) is 0.597. The van der Waals surface area contributed by atoms with Crippen molar-refractivity contribution in [1.82, 2.24) is 19.8 Å². The van der Waals surface area contributed by atoms with E-state index in [1.54, 1.807) is 29.5 Å². The van der Waals surface area contributed by atoms with Gasteiger partial charge in [0.15, 0.2) is 0 Å². The van der Waals surface area contributed by atoms with Gasteiger partial charge in [-0.3, -0.25) is 9.59 Å². The topological polar surface area (TPSA) is 78.4 Å². The molecule has 1 N–H and O–H groups in total. The van der Waals surface area contributed by atoms with Crippen LogP contribution >= 0.6 is 11.3 Å². The lowest BCUT2D eigenvalue weighted by Crippen LogP contribution is -2.50. The molecular formula is C23H27N5O2S. The largest absolute Gasteiger partial charge is 0.369 e. The molecule has 3 aromatic rings. The molecule has 7 nitrogen and oxygen atoms in total. The van der Waals surface area contributed by atoms with Gasteiger partial charge >= 0.3 is 0 Å². The predicted octanol–water partition coefficient (Wildman–Crippen LogP) is 3.55. The highest BCUT2D eigenvalue weighted by Gasteiger charge is 2.22. The van der Waals surface area contributed by atoms with Gasteiger partial charge < -0.3 is 15.1 Å². The Labute approximate surface area is 186 Å². The molecule has 2 amide bonds. The molecule has 0 unspecified atom stereocenters. The lowest BCUT2D eigenvalue weighted by molar-refractivity contribution is -0.138. The summed E-state index contributed by atoms with van der Waals surface area (Å²) in [5, 5.41) is 4.47. The first-order chi connectivity index (χ1) is 15.0. The van der Waals surface area contributed by atoms with Gasteiger partial charge in [-0.25, -0.2) is 9.97 Å². The molecule has 0 atom stereocenters. The number of nitrogens with zero attached hydrogens (tertiary/aromatic N) is 4. The lowest BCUT2D eigenvalue weighted by atomic mass is 10.0. The second-order valence-electron chi connectivity index (χ2n) is 7.72. The number of carbonyl (C=O) groups excluding carboxylic acids is 2. The SMILES string of the molecule is CC(=O)N1CCN(C(=O)CCCNc2ncnc3sc(C)c(-c4ccccc4)c23)CC1. The van der Waals surface area contributed by atoms with Crippen molar-refractivity contribution in [3.63, 3.8) is 0 Å². The van der Waals surface area contributed by atoms with Gasteiger partial charge in [-0.05, 0) is 18.9 Å². The van der Waals surface area contributed by atoms with Crippen LogP contribution in [0, 0.1) is 6.92 Å². The summed E-state index contributed by atoms with van der Waals surface area (Å²) in [6.07, 6.45) is 2.80. The van der Waals surface area contributed by atoms with Gasteiger partial charge in [0.25, 0.3) is 0 Å². The van der Waals surface area contributed by atoms with Gasteiger partial charge in [-0.15, -0.1) is 11.3 Å². The molecule has 0 aliphatic carbocycles. The van der Waals surface area contributed by atoms with Crippen LogP contribution in [0.1, 0.15) is 24.6 Å². The zero-order valence-corrected chi connectivity index (χ0v) is 18.7. The standard InChI is InChI=1S/C23H27N5O2S/c1-16-20(18-7-4-3-5-8-18)21-22(25-15-26-23(21)31-16)24-10-6-9-19(30)28-13-11-27(12-14-28)17(2)29/h3-5,7-8,15H,6,9-14H2,1-2H3,(H,24,25,26). The van der Waals surface area contributed by atoms with Gasteiger partial charge in [0.1, 0.15) is 17.0 Å².